The third kappa shape index (κ3) is 6.63. The quantitative estimate of drug-likeness (QED) is 0.375. The van der Waals surface area contributed by atoms with Crippen molar-refractivity contribution in [2.45, 2.75) is 24.2 Å². The van der Waals surface area contributed by atoms with Crippen molar-refractivity contribution in [3.8, 4) is 0 Å². The van der Waals surface area contributed by atoms with Crippen LogP contribution < -0.4 is 17.2 Å². The fourth-order valence-corrected chi connectivity index (χ4v) is 2.68. The molecule has 0 unspecified atom stereocenters. The van der Waals surface area contributed by atoms with Gasteiger partial charge in [0.25, 0.3) is 0 Å². The zero-order valence-electron chi connectivity index (χ0n) is 11.6. The molecule has 0 saturated carbocycles. The minimum atomic E-state index is -3.57. The van der Waals surface area contributed by atoms with E-state index in [1.165, 1.54) is 18.2 Å². The molecule has 0 fully saturated rings. The SMILES string of the molecule is Br.NC(=CCCCCN=C(N)N)S(=O)(=O)c1ccccc1. The Morgan fingerprint density at radius 2 is 1.71 bits per heavy atom. The number of hydrogen-bond acceptors (Lipinski definition) is 4. The lowest BCUT2D eigenvalue weighted by molar-refractivity contribution is 0.601. The lowest BCUT2D eigenvalue weighted by Crippen LogP contribution is -2.22. The van der Waals surface area contributed by atoms with Crippen LogP contribution in [0.25, 0.3) is 0 Å². The number of aliphatic imine (C=N–C) groups is 1. The van der Waals surface area contributed by atoms with E-state index in [9.17, 15) is 8.42 Å². The maximum absolute atomic E-state index is 12.1. The lowest BCUT2D eigenvalue weighted by atomic mass is 10.2. The van der Waals surface area contributed by atoms with Crippen LogP contribution in [0.3, 0.4) is 0 Å². The van der Waals surface area contributed by atoms with Crippen molar-refractivity contribution in [1.82, 2.24) is 0 Å². The van der Waals surface area contributed by atoms with Gasteiger partial charge in [-0.15, -0.1) is 17.0 Å². The summed E-state index contributed by atoms with van der Waals surface area (Å²) < 4.78 is 24.2. The first-order valence-electron chi connectivity index (χ1n) is 6.26. The number of benzene rings is 1. The lowest BCUT2D eigenvalue weighted by Gasteiger charge is -2.04. The molecule has 0 atom stereocenters. The number of guanidine groups is 1. The fourth-order valence-electron chi connectivity index (χ4n) is 1.55. The zero-order valence-corrected chi connectivity index (χ0v) is 14.1. The molecule has 0 aromatic heterocycles. The molecule has 6 N–H and O–H groups in total. The summed E-state index contributed by atoms with van der Waals surface area (Å²) in [7, 11) is -3.57. The number of unbranched alkanes of at least 4 members (excludes halogenated alkanes) is 2. The number of allylic oxidation sites excluding steroid dienone is 1. The van der Waals surface area contributed by atoms with E-state index in [1.807, 2.05) is 0 Å². The second kappa shape index (κ2) is 9.41. The third-order valence-corrected chi connectivity index (χ3v) is 4.30. The van der Waals surface area contributed by atoms with Crippen molar-refractivity contribution in [1.29, 1.82) is 0 Å². The number of nitrogens with two attached hydrogens (primary N) is 3. The standard InChI is InChI=1S/C13H20N4O2S.BrH/c14-12(9-5-2-6-10-17-13(15)16)20(18,19)11-7-3-1-4-8-11;/h1,3-4,7-9H,2,5-6,10,14H2,(H4,15,16,17);1H. The predicted molar refractivity (Wildman–Crippen MR) is 90.7 cm³/mol. The van der Waals surface area contributed by atoms with Gasteiger partial charge in [0.15, 0.2) is 5.96 Å². The topological polar surface area (TPSA) is 125 Å². The minimum Gasteiger partial charge on any atom is -0.389 e. The molecule has 21 heavy (non-hydrogen) atoms. The van der Waals surface area contributed by atoms with E-state index >= 15 is 0 Å². The molecule has 118 valence electrons. The summed E-state index contributed by atoms with van der Waals surface area (Å²) in [6.45, 7) is 0.529. The maximum Gasteiger partial charge on any atom is 0.220 e. The maximum atomic E-state index is 12.1. The van der Waals surface area contributed by atoms with Gasteiger partial charge in [0.2, 0.25) is 9.84 Å². The van der Waals surface area contributed by atoms with Crippen molar-refractivity contribution < 1.29 is 8.42 Å². The van der Waals surface area contributed by atoms with E-state index < -0.39 is 9.84 Å². The van der Waals surface area contributed by atoms with Gasteiger partial charge in [0.1, 0.15) is 5.03 Å². The van der Waals surface area contributed by atoms with E-state index in [4.69, 9.17) is 17.2 Å². The van der Waals surface area contributed by atoms with Crippen LogP contribution in [0.1, 0.15) is 19.3 Å². The summed E-state index contributed by atoms with van der Waals surface area (Å²) in [4.78, 5) is 4.04. The Balaban J connectivity index is 0.00000400. The van der Waals surface area contributed by atoms with Crippen molar-refractivity contribution in [2.75, 3.05) is 6.54 Å². The molecular formula is C13H21BrN4O2S. The second-order valence-corrected chi connectivity index (χ2v) is 6.18. The smallest absolute Gasteiger partial charge is 0.220 e. The first-order chi connectivity index (χ1) is 9.44. The molecule has 8 heteroatoms. The van der Waals surface area contributed by atoms with Crippen LogP contribution in [0.15, 0.2) is 51.3 Å². The Labute approximate surface area is 135 Å². The Hall–Kier alpha value is -1.54. The molecule has 0 spiro atoms. The molecule has 0 radical (unpaired) electrons. The summed E-state index contributed by atoms with van der Waals surface area (Å²) in [6, 6.07) is 8.12. The van der Waals surface area contributed by atoms with Crippen LogP contribution in [-0.2, 0) is 9.84 Å². The molecule has 6 nitrogen and oxygen atoms in total. The molecular weight excluding hydrogens is 356 g/mol. The fraction of sp³-hybridized carbons (Fsp3) is 0.308. The highest BCUT2D eigenvalue weighted by Crippen LogP contribution is 2.16. The third-order valence-electron chi connectivity index (χ3n) is 2.62. The van der Waals surface area contributed by atoms with Crippen molar-refractivity contribution in [3.05, 3.63) is 41.4 Å². The predicted octanol–water partition coefficient (Wildman–Crippen LogP) is 1.28. The molecule has 0 amide bonds. The van der Waals surface area contributed by atoms with Crippen molar-refractivity contribution in [3.63, 3.8) is 0 Å². The summed E-state index contributed by atoms with van der Waals surface area (Å²) in [5, 5.41) is -0.120. The Morgan fingerprint density at radius 1 is 1.10 bits per heavy atom. The Bertz CT molecular complexity index is 581. The van der Waals surface area contributed by atoms with Crippen LogP contribution >= 0.6 is 17.0 Å². The molecule has 0 saturated heterocycles. The number of rotatable bonds is 7. The van der Waals surface area contributed by atoms with Gasteiger partial charge in [0.05, 0.1) is 4.90 Å². The number of hydrogen-bond donors (Lipinski definition) is 3. The highest BCUT2D eigenvalue weighted by molar-refractivity contribution is 8.93. The van der Waals surface area contributed by atoms with Gasteiger partial charge in [-0.3, -0.25) is 4.99 Å². The van der Waals surface area contributed by atoms with Crippen molar-refractivity contribution >= 4 is 32.8 Å². The van der Waals surface area contributed by atoms with Gasteiger partial charge in [-0.25, -0.2) is 8.42 Å². The zero-order chi connectivity index (χ0) is 15.0. The monoisotopic (exact) mass is 376 g/mol. The van der Waals surface area contributed by atoms with Gasteiger partial charge < -0.3 is 17.2 Å². The first kappa shape index (κ1) is 19.5. The van der Waals surface area contributed by atoms with E-state index in [0.29, 0.717) is 13.0 Å². The second-order valence-electron chi connectivity index (χ2n) is 4.23. The average molecular weight is 377 g/mol. The Kier molecular flexibility index (Phi) is 8.72. The minimum absolute atomic E-state index is 0. The first-order valence-corrected chi connectivity index (χ1v) is 7.74. The van der Waals surface area contributed by atoms with Crippen LogP contribution in [0, 0.1) is 0 Å². The molecule has 1 aromatic rings. The van der Waals surface area contributed by atoms with Crippen LogP contribution in [0.5, 0.6) is 0 Å². The van der Waals surface area contributed by atoms with Crippen LogP contribution in [0.2, 0.25) is 0 Å². The summed E-state index contributed by atoms with van der Waals surface area (Å²) >= 11 is 0. The highest BCUT2D eigenvalue weighted by atomic mass is 79.9. The molecule has 0 aliphatic rings. The summed E-state index contributed by atoms with van der Waals surface area (Å²) in [5.74, 6) is 0.0618. The van der Waals surface area contributed by atoms with E-state index in [0.717, 1.165) is 12.8 Å². The number of halogens is 1. The van der Waals surface area contributed by atoms with E-state index in [-0.39, 0.29) is 32.9 Å². The molecule has 1 aromatic carbocycles. The van der Waals surface area contributed by atoms with Gasteiger partial charge in [-0.05, 0) is 37.5 Å². The molecule has 0 bridgehead atoms. The molecule has 1 rings (SSSR count). The molecule has 0 heterocycles. The summed E-state index contributed by atoms with van der Waals surface area (Å²) in [5.41, 5.74) is 16.0. The van der Waals surface area contributed by atoms with Crippen LogP contribution in [-0.4, -0.2) is 20.9 Å². The van der Waals surface area contributed by atoms with E-state index in [2.05, 4.69) is 4.99 Å². The van der Waals surface area contributed by atoms with Gasteiger partial charge in [-0.1, -0.05) is 18.2 Å². The number of nitrogens with zero attached hydrogens (tertiary/aromatic N) is 1. The largest absolute Gasteiger partial charge is 0.389 e. The van der Waals surface area contributed by atoms with Crippen LogP contribution in [0.4, 0.5) is 0 Å². The molecule has 0 aliphatic carbocycles. The number of sulfone groups is 1. The molecule has 0 aliphatic heterocycles. The Morgan fingerprint density at radius 3 is 2.29 bits per heavy atom. The normalized spacial score (nSPS) is 11.5. The average Bonchev–Trinajstić information content (AvgIpc) is 2.43. The highest BCUT2D eigenvalue weighted by Gasteiger charge is 2.16. The van der Waals surface area contributed by atoms with Gasteiger partial charge >= 0.3 is 0 Å². The van der Waals surface area contributed by atoms with Crippen molar-refractivity contribution in [2.24, 2.45) is 22.2 Å². The van der Waals surface area contributed by atoms with Gasteiger partial charge in [0, 0.05) is 6.54 Å². The van der Waals surface area contributed by atoms with Gasteiger partial charge in [-0.2, -0.15) is 0 Å². The van der Waals surface area contributed by atoms with E-state index in [1.54, 1.807) is 18.2 Å². The summed E-state index contributed by atoms with van der Waals surface area (Å²) in [6.07, 6.45) is 3.63.